The van der Waals surface area contributed by atoms with Crippen LogP contribution in [0.15, 0.2) is 0 Å². The fourth-order valence-corrected chi connectivity index (χ4v) is 2.23. The van der Waals surface area contributed by atoms with Gasteiger partial charge in [0.15, 0.2) is 0 Å². The number of ether oxygens (including phenoxy) is 4. The molecule has 0 atom stereocenters. The van der Waals surface area contributed by atoms with Gasteiger partial charge < -0.3 is 39.0 Å². The van der Waals surface area contributed by atoms with E-state index in [0.717, 1.165) is 0 Å². The Labute approximate surface area is 160 Å². The Morgan fingerprint density at radius 2 is 0.926 bits per heavy atom. The number of hydrogen-bond acceptors (Lipinski definition) is 12. The van der Waals surface area contributed by atoms with Crippen LogP contribution in [0.4, 0.5) is 17.8 Å². The third kappa shape index (κ3) is 7.36. The highest BCUT2D eigenvalue weighted by atomic mass is 16.5. The van der Waals surface area contributed by atoms with Crippen LogP contribution in [0, 0.1) is 0 Å². The van der Waals surface area contributed by atoms with Crippen molar-refractivity contribution in [1.29, 1.82) is 0 Å². The van der Waals surface area contributed by atoms with Gasteiger partial charge in [0.05, 0.1) is 13.2 Å². The highest BCUT2D eigenvalue weighted by Gasteiger charge is 2.20. The highest BCUT2D eigenvalue weighted by molar-refractivity contribution is 5.46. The van der Waals surface area contributed by atoms with Gasteiger partial charge in [0, 0.05) is 43.0 Å². The van der Waals surface area contributed by atoms with Crippen LogP contribution in [0.3, 0.4) is 0 Å². The number of nitrogens with zero attached hydrogens (tertiary/aromatic N) is 6. The second-order valence-electron chi connectivity index (χ2n) is 5.42. The number of hydrogen-bond donors (Lipinski definition) is 2. The van der Waals surface area contributed by atoms with Crippen molar-refractivity contribution in [1.82, 2.24) is 15.0 Å². The fourth-order valence-electron chi connectivity index (χ4n) is 2.23. The van der Waals surface area contributed by atoms with Crippen molar-refractivity contribution in [2.24, 2.45) is 0 Å². The molecule has 0 saturated heterocycles. The Balaban J connectivity index is 0.00000729. The molecule has 0 aliphatic heterocycles. The van der Waals surface area contributed by atoms with Crippen LogP contribution >= 0.6 is 0 Å². The van der Waals surface area contributed by atoms with Gasteiger partial charge in [-0.3, -0.25) is 4.90 Å². The molecule has 2 N–H and O–H groups in total. The molecule has 0 fully saturated rings. The highest BCUT2D eigenvalue weighted by Crippen LogP contribution is 2.19. The van der Waals surface area contributed by atoms with Crippen LogP contribution in [0.2, 0.25) is 0 Å². The molecule has 0 saturated carbocycles. The zero-order valence-electron chi connectivity index (χ0n) is 16.4. The smallest absolute Gasteiger partial charge is 0.235 e. The average Bonchev–Trinajstić information content (AvgIpc) is 2.67. The molecule has 0 spiro atoms. The Kier molecular flexibility index (Phi) is 11.5. The van der Waals surface area contributed by atoms with E-state index >= 15 is 0 Å². The van der Waals surface area contributed by atoms with Gasteiger partial charge in [-0.05, 0) is 0 Å². The number of aliphatic hydroxyl groups is 2. The Hall–Kier alpha value is -1.83. The maximum absolute atomic E-state index is 9.34. The molecule has 12 heteroatoms. The molecule has 158 valence electrons. The molecule has 1 aromatic rings. The first-order chi connectivity index (χ1) is 13.1. The van der Waals surface area contributed by atoms with Crippen molar-refractivity contribution >= 4 is 17.8 Å². The minimum Gasteiger partial charge on any atom is -0.395 e. The van der Waals surface area contributed by atoms with Crippen molar-refractivity contribution in [2.75, 3.05) is 96.4 Å². The summed E-state index contributed by atoms with van der Waals surface area (Å²) in [5.41, 5.74) is 0. The maximum atomic E-state index is 9.34. The van der Waals surface area contributed by atoms with Gasteiger partial charge in [0.25, 0.3) is 0 Å². The monoisotopic (exact) mass is 392 g/mol. The lowest BCUT2D eigenvalue weighted by Crippen LogP contribution is -2.36. The summed E-state index contributed by atoms with van der Waals surface area (Å²) in [7, 11) is 6.19. The average molecular weight is 392 g/mol. The number of aliphatic hydroxyl groups excluding tert-OH is 2. The van der Waals surface area contributed by atoms with Gasteiger partial charge in [0.1, 0.15) is 26.9 Å². The number of anilines is 3. The summed E-state index contributed by atoms with van der Waals surface area (Å²) in [6.07, 6.45) is 0. The molecule has 1 rings (SSSR count). The van der Waals surface area contributed by atoms with Gasteiger partial charge in [-0.15, -0.1) is 0 Å². The van der Waals surface area contributed by atoms with E-state index in [-0.39, 0.29) is 54.7 Å². The van der Waals surface area contributed by atoms with Crippen molar-refractivity contribution in [3.05, 3.63) is 0 Å². The van der Waals surface area contributed by atoms with Crippen molar-refractivity contribution < 1.29 is 30.6 Å². The molecule has 0 aliphatic rings. The lowest BCUT2D eigenvalue weighted by molar-refractivity contribution is 0.138. The van der Waals surface area contributed by atoms with E-state index in [2.05, 4.69) is 15.0 Å². The zero-order valence-corrected chi connectivity index (χ0v) is 16.4. The second-order valence-corrected chi connectivity index (χ2v) is 5.42. The summed E-state index contributed by atoms with van der Waals surface area (Å²) in [6.45, 7) is 1.11. The standard InChI is InChI=1S/C15H30N6O6.H2/c1-24-9-19(5-7-22)13-16-14(20(6-8-23)10-25-2)18-15(17-13)21(11-26-3)12-27-4;/h22-23H,5-12H2,1-4H3;1H. The minimum atomic E-state index is -0.0992. The largest absolute Gasteiger partial charge is 0.395 e. The normalized spacial score (nSPS) is 10.9. The molecule has 1 heterocycles. The summed E-state index contributed by atoms with van der Waals surface area (Å²) in [4.78, 5) is 18.4. The van der Waals surface area contributed by atoms with Gasteiger partial charge in [-0.1, -0.05) is 0 Å². The zero-order chi connectivity index (χ0) is 20.1. The SMILES string of the molecule is COCN(CCO)c1nc(N(CCO)COC)nc(N(COC)COC)n1.[HH]. The van der Waals surface area contributed by atoms with Crippen molar-refractivity contribution in [3.63, 3.8) is 0 Å². The third-order valence-corrected chi connectivity index (χ3v) is 3.33. The van der Waals surface area contributed by atoms with E-state index in [1.807, 2.05) is 0 Å². The first-order valence-corrected chi connectivity index (χ1v) is 8.33. The van der Waals surface area contributed by atoms with E-state index in [9.17, 15) is 10.2 Å². The van der Waals surface area contributed by atoms with E-state index in [0.29, 0.717) is 17.8 Å². The van der Waals surface area contributed by atoms with Gasteiger partial charge >= 0.3 is 0 Å². The maximum Gasteiger partial charge on any atom is 0.235 e. The Morgan fingerprint density at radius 3 is 1.22 bits per heavy atom. The predicted molar refractivity (Wildman–Crippen MR) is 101 cm³/mol. The van der Waals surface area contributed by atoms with Crippen LogP contribution in [-0.4, -0.2) is 107 Å². The molecular formula is C15H32N6O6. The molecular weight excluding hydrogens is 360 g/mol. The molecule has 0 bridgehead atoms. The van der Waals surface area contributed by atoms with E-state index < -0.39 is 0 Å². The first kappa shape index (κ1) is 23.2. The molecule has 0 unspecified atom stereocenters. The van der Waals surface area contributed by atoms with Crippen LogP contribution in [-0.2, 0) is 18.9 Å². The van der Waals surface area contributed by atoms with Gasteiger partial charge in [-0.25, -0.2) is 0 Å². The summed E-state index contributed by atoms with van der Waals surface area (Å²) >= 11 is 0. The Bertz CT molecular complexity index is 430. The second kappa shape index (κ2) is 13.4. The fraction of sp³-hybridized carbons (Fsp3) is 0.800. The van der Waals surface area contributed by atoms with Crippen LogP contribution < -0.4 is 14.7 Å². The first-order valence-electron chi connectivity index (χ1n) is 8.33. The predicted octanol–water partition coefficient (Wildman–Crippen LogP) is -1.06. The molecule has 1 aromatic heterocycles. The minimum absolute atomic E-state index is 0. The summed E-state index contributed by atoms with van der Waals surface area (Å²) in [5.74, 6) is 0.932. The summed E-state index contributed by atoms with van der Waals surface area (Å²) in [6, 6.07) is 0. The number of rotatable bonds is 15. The Morgan fingerprint density at radius 1 is 0.630 bits per heavy atom. The topological polar surface area (TPSA) is 126 Å². The summed E-state index contributed by atoms with van der Waals surface area (Å²) < 4.78 is 20.7. The van der Waals surface area contributed by atoms with Gasteiger partial charge in [0.2, 0.25) is 17.8 Å². The van der Waals surface area contributed by atoms with E-state index in [1.165, 1.54) is 0 Å². The molecule has 0 aliphatic carbocycles. The van der Waals surface area contributed by atoms with Crippen molar-refractivity contribution in [3.8, 4) is 0 Å². The molecule has 0 aromatic carbocycles. The number of aromatic nitrogens is 3. The quantitative estimate of drug-likeness (QED) is 0.353. The lowest BCUT2D eigenvalue weighted by Gasteiger charge is -2.27. The third-order valence-electron chi connectivity index (χ3n) is 3.33. The molecule has 27 heavy (non-hydrogen) atoms. The van der Waals surface area contributed by atoms with Crippen LogP contribution in [0.5, 0.6) is 0 Å². The molecule has 12 nitrogen and oxygen atoms in total. The lowest BCUT2D eigenvalue weighted by atomic mass is 10.5. The van der Waals surface area contributed by atoms with E-state index in [1.54, 1.807) is 43.1 Å². The summed E-state index contributed by atoms with van der Waals surface area (Å²) in [5, 5.41) is 18.7. The van der Waals surface area contributed by atoms with Crippen molar-refractivity contribution in [2.45, 2.75) is 0 Å². The molecule has 0 radical (unpaired) electrons. The van der Waals surface area contributed by atoms with Gasteiger partial charge in [-0.2, -0.15) is 15.0 Å². The number of methoxy groups -OCH3 is 4. The van der Waals surface area contributed by atoms with Crippen LogP contribution in [0.1, 0.15) is 1.43 Å². The van der Waals surface area contributed by atoms with Crippen LogP contribution in [0.25, 0.3) is 0 Å². The van der Waals surface area contributed by atoms with E-state index in [4.69, 9.17) is 18.9 Å². The molecule has 0 amide bonds.